The average Bonchev–Trinajstić information content (AvgIpc) is 2.63. The van der Waals surface area contributed by atoms with Gasteiger partial charge in [0.2, 0.25) is 0 Å². The zero-order chi connectivity index (χ0) is 8.39. The van der Waals surface area contributed by atoms with Crippen LogP contribution in [0.2, 0.25) is 0 Å². The molecule has 3 nitrogen and oxygen atoms in total. The third-order valence-corrected chi connectivity index (χ3v) is 2.53. The van der Waals surface area contributed by atoms with Gasteiger partial charge >= 0.3 is 0 Å². The smallest absolute Gasteiger partial charge is 0.111 e. The van der Waals surface area contributed by atoms with E-state index in [-0.39, 0.29) is 6.23 Å². The zero-order valence-corrected chi connectivity index (χ0v) is 7.58. The van der Waals surface area contributed by atoms with Crippen LogP contribution in [-0.4, -0.2) is 31.6 Å². The first-order valence-corrected chi connectivity index (χ1v) is 4.85. The van der Waals surface area contributed by atoms with Crippen molar-refractivity contribution in [2.75, 3.05) is 13.2 Å². The van der Waals surface area contributed by atoms with E-state index in [2.05, 4.69) is 12.2 Å². The summed E-state index contributed by atoms with van der Waals surface area (Å²) in [6, 6.07) is 0. The monoisotopic (exact) mass is 171 g/mol. The molecule has 2 rings (SSSR count). The van der Waals surface area contributed by atoms with Crippen molar-refractivity contribution in [1.82, 2.24) is 5.32 Å². The van der Waals surface area contributed by atoms with E-state index in [4.69, 9.17) is 9.47 Å². The van der Waals surface area contributed by atoms with E-state index in [0.29, 0.717) is 12.2 Å². The third-order valence-electron chi connectivity index (χ3n) is 2.53. The van der Waals surface area contributed by atoms with Crippen LogP contribution in [0.15, 0.2) is 0 Å². The van der Waals surface area contributed by atoms with E-state index < -0.39 is 0 Å². The standard InChI is InChI=1S/C9H17NO2/c1-7-6-10-9(12-7)5-8-3-2-4-11-8/h7-10H,2-6H2,1H3. The van der Waals surface area contributed by atoms with Gasteiger partial charge in [-0.15, -0.1) is 0 Å². The van der Waals surface area contributed by atoms with Gasteiger partial charge in [0.15, 0.2) is 0 Å². The highest BCUT2D eigenvalue weighted by Crippen LogP contribution is 2.19. The minimum absolute atomic E-state index is 0.239. The van der Waals surface area contributed by atoms with Gasteiger partial charge in [0.25, 0.3) is 0 Å². The fourth-order valence-electron chi connectivity index (χ4n) is 1.88. The zero-order valence-electron chi connectivity index (χ0n) is 7.58. The lowest BCUT2D eigenvalue weighted by Gasteiger charge is -2.15. The molecule has 2 aliphatic rings. The first-order chi connectivity index (χ1) is 5.84. The van der Waals surface area contributed by atoms with Gasteiger partial charge in [0, 0.05) is 19.6 Å². The fraction of sp³-hybridized carbons (Fsp3) is 1.00. The maximum absolute atomic E-state index is 5.63. The molecule has 0 spiro atoms. The van der Waals surface area contributed by atoms with Crippen LogP contribution >= 0.6 is 0 Å². The largest absolute Gasteiger partial charge is 0.378 e. The molecular weight excluding hydrogens is 154 g/mol. The van der Waals surface area contributed by atoms with Gasteiger partial charge in [-0.2, -0.15) is 0 Å². The Balaban J connectivity index is 1.72. The van der Waals surface area contributed by atoms with Gasteiger partial charge in [-0.3, -0.25) is 5.32 Å². The van der Waals surface area contributed by atoms with Gasteiger partial charge in [-0.25, -0.2) is 0 Å². The Hall–Kier alpha value is -0.120. The van der Waals surface area contributed by atoms with E-state index in [1.807, 2.05) is 0 Å². The van der Waals surface area contributed by atoms with Gasteiger partial charge in [-0.05, 0) is 19.8 Å². The number of rotatable bonds is 2. The lowest BCUT2D eigenvalue weighted by molar-refractivity contribution is 0.00520. The number of nitrogens with one attached hydrogen (secondary N) is 1. The quantitative estimate of drug-likeness (QED) is 0.669. The van der Waals surface area contributed by atoms with Crippen LogP contribution < -0.4 is 5.32 Å². The van der Waals surface area contributed by atoms with Crippen molar-refractivity contribution in [3.63, 3.8) is 0 Å². The van der Waals surface area contributed by atoms with Crippen molar-refractivity contribution in [2.24, 2.45) is 0 Å². The second kappa shape index (κ2) is 3.73. The van der Waals surface area contributed by atoms with Crippen molar-refractivity contribution >= 4 is 0 Å². The molecule has 12 heavy (non-hydrogen) atoms. The predicted molar refractivity (Wildman–Crippen MR) is 45.9 cm³/mol. The minimum Gasteiger partial charge on any atom is -0.378 e. The van der Waals surface area contributed by atoms with Crippen molar-refractivity contribution < 1.29 is 9.47 Å². The summed E-state index contributed by atoms with van der Waals surface area (Å²) in [5.74, 6) is 0. The first-order valence-electron chi connectivity index (χ1n) is 4.85. The molecule has 2 heterocycles. The summed E-state index contributed by atoms with van der Waals surface area (Å²) in [7, 11) is 0. The molecule has 2 aliphatic heterocycles. The molecule has 3 unspecified atom stereocenters. The number of hydrogen-bond donors (Lipinski definition) is 1. The summed E-state index contributed by atoms with van der Waals surface area (Å²) in [6.07, 6.45) is 4.49. The fourth-order valence-corrected chi connectivity index (χ4v) is 1.88. The van der Waals surface area contributed by atoms with E-state index in [9.17, 15) is 0 Å². The summed E-state index contributed by atoms with van der Waals surface area (Å²) in [5.41, 5.74) is 0. The van der Waals surface area contributed by atoms with Crippen molar-refractivity contribution in [1.29, 1.82) is 0 Å². The minimum atomic E-state index is 0.239. The second-order valence-electron chi connectivity index (χ2n) is 3.71. The molecule has 0 aromatic rings. The lowest BCUT2D eigenvalue weighted by atomic mass is 10.2. The second-order valence-corrected chi connectivity index (χ2v) is 3.71. The van der Waals surface area contributed by atoms with Crippen LogP contribution in [0.25, 0.3) is 0 Å². The van der Waals surface area contributed by atoms with Crippen LogP contribution in [0.4, 0.5) is 0 Å². The highest BCUT2D eigenvalue weighted by Gasteiger charge is 2.26. The van der Waals surface area contributed by atoms with Gasteiger partial charge in [0.1, 0.15) is 6.23 Å². The van der Waals surface area contributed by atoms with Crippen LogP contribution in [0.1, 0.15) is 26.2 Å². The van der Waals surface area contributed by atoms with E-state index in [1.165, 1.54) is 12.8 Å². The Kier molecular flexibility index (Phi) is 2.63. The third kappa shape index (κ3) is 1.97. The van der Waals surface area contributed by atoms with Crippen molar-refractivity contribution in [3.8, 4) is 0 Å². The van der Waals surface area contributed by atoms with Crippen LogP contribution in [0.5, 0.6) is 0 Å². The van der Waals surface area contributed by atoms with Gasteiger partial charge < -0.3 is 9.47 Å². The van der Waals surface area contributed by atoms with Gasteiger partial charge in [0.05, 0.1) is 12.2 Å². The molecule has 0 aromatic heterocycles. The molecule has 2 saturated heterocycles. The molecule has 3 heteroatoms. The molecule has 2 fully saturated rings. The van der Waals surface area contributed by atoms with Crippen molar-refractivity contribution in [2.45, 2.75) is 44.6 Å². The maximum atomic E-state index is 5.63. The van der Waals surface area contributed by atoms with E-state index >= 15 is 0 Å². The van der Waals surface area contributed by atoms with Gasteiger partial charge in [-0.1, -0.05) is 0 Å². The number of hydrogen-bond acceptors (Lipinski definition) is 3. The highest BCUT2D eigenvalue weighted by atomic mass is 16.5. The van der Waals surface area contributed by atoms with Crippen molar-refractivity contribution in [3.05, 3.63) is 0 Å². The molecule has 3 atom stereocenters. The molecular formula is C9H17NO2. The predicted octanol–water partition coefficient (Wildman–Crippen LogP) is 0.890. The molecule has 0 bridgehead atoms. The normalized spacial score (nSPS) is 42.2. The Bertz CT molecular complexity index is 145. The molecule has 1 N–H and O–H groups in total. The highest BCUT2D eigenvalue weighted by molar-refractivity contribution is 4.75. The summed E-state index contributed by atoms with van der Waals surface area (Å²) in [5, 5.41) is 3.33. The molecule has 70 valence electrons. The summed E-state index contributed by atoms with van der Waals surface area (Å²) in [6.45, 7) is 4.02. The molecule has 0 amide bonds. The first kappa shape index (κ1) is 8.48. The van der Waals surface area contributed by atoms with Crippen LogP contribution in [0, 0.1) is 0 Å². The summed E-state index contributed by atoms with van der Waals surface area (Å²) < 4.78 is 11.2. The summed E-state index contributed by atoms with van der Waals surface area (Å²) in [4.78, 5) is 0. The van der Waals surface area contributed by atoms with E-state index in [1.54, 1.807) is 0 Å². The van der Waals surface area contributed by atoms with Crippen LogP contribution in [-0.2, 0) is 9.47 Å². The SMILES string of the molecule is CC1CNC(CC2CCCO2)O1. The molecule has 0 radical (unpaired) electrons. The Morgan fingerprint density at radius 2 is 2.42 bits per heavy atom. The molecule has 0 saturated carbocycles. The number of ether oxygens (including phenoxy) is 2. The maximum Gasteiger partial charge on any atom is 0.111 e. The van der Waals surface area contributed by atoms with E-state index in [0.717, 1.165) is 19.6 Å². The Morgan fingerprint density at radius 1 is 1.50 bits per heavy atom. The lowest BCUT2D eigenvalue weighted by Crippen LogP contribution is -2.27. The van der Waals surface area contributed by atoms with Crippen LogP contribution in [0.3, 0.4) is 0 Å². The molecule has 0 aromatic carbocycles. The topological polar surface area (TPSA) is 30.5 Å². The average molecular weight is 171 g/mol. The summed E-state index contributed by atoms with van der Waals surface area (Å²) >= 11 is 0. The Labute approximate surface area is 73.4 Å². The molecule has 0 aliphatic carbocycles. The Morgan fingerprint density at radius 3 is 3.00 bits per heavy atom.